The maximum Gasteiger partial charge on any atom is 0.183 e. The first-order chi connectivity index (χ1) is 13.3. The second-order valence-electron chi connectivity index (χ2n) is 8.41. The predicted octanol–water partition coefficient (Wildman–Crippen LogP) is 7.16. The number of furan rings is 1. The van der Waals surface area contributed by atoms with Crippen LogP contribution >= 0.6 is 31.9 Å². The van der Waals surface area contributed by atoms with Crippen molar-refractivity contribution in [3.63, 3.8) is 0 Å². The van der Waals surface area contributed by atoms with Crippen LogP contribution < -0.4 is 5.32 Å². The van der Waals surface area contributed by atoms with Crippen LogP contribution in [-0.4, -0.2) is 5.78 Å². The van der Waals surface area contributed by atoms with Crippen LogP contribution in [0, 0.1) is 5.41 Å². The maximum absolute atomic E-state index is 13.3. The predicted molar refractivity (Wildman–Crippen MR) is 119 cm³/mol. The van der Waals surface area contributed by atoms with E-state index in [1.54, 1.807) is 0 Å². The molecule has 0 radical (unpaired) electrons. The summed E-state index contributed by atoms with van der Waals surface area (Å²) < 4.78 is 7.57. The summed E-state index contributed by atoms with van der Waals surface area (Å²) in [7, 11) is 0. The lowest BCUT2D eigenvalue weighted by Crippen LogP contribution is -2.33. The Morgan fingerprint density at radius 2 is 1.89 bits per heavy atom. The number of carbonyl (C=O) groups is 1. The monoisotopic (exact) mass is 499 g/mol. The molecule has 1 aliphatic carbocycles. The molecular weight excluding hydrogens is 482 g/mol. The minimum absolute atomic E-state index is 0.0495. The number of anilines is 1. The Bertz CT molecular complexity index is 1150. The van der Waals surface area contributed by atoms with E-state index >= 15 is 0 Å². The number of allylic oxidation sites excluding steroid dienone is 2. The number of rotatable bonds is 1. The number of Topliss-reactive ketones (excluding diaryl/α,β-unsaturated/α-hetero) is 1. The lowest BCUT2D eigenvalue weighted by molar-refractivity contribution is -0.118. The number of halogens is 2. The number of benzene rings is 2. The van der Waals surface area contributed by atoms with Crippen molar-refractivity contribution in [2.45, 2.75) is 32.6 Å². The first kappa shape index (κ1) is 18.2. The molecule has 142 valence electrons. The zero-order valence-corrected chi connectivity index (χ0v) is 18.8. The summed E-state index contributed by atoms with van der Waals surface area (Å²) in [6, 6.07) is 14.5. The average Bonchev–Trinajstić information content (AvgIpc) is 2.97. The Hall–Kier alpha value is -1.85. The van der Waals surface area contributed by atoms with Crippen molar-refractivity contribution in [3.05, 3.63) is 74.2 Å². The van der Waals surface area contributed by atoms with E-state index in [2.05, 4.69) is 75.3 Å². The highest BCUT2D eigenvalue weighted by atomic mass is 79.9. The maximum atomic E-state index is 13.3. The van der Waals surface area contributed by atoms with Crippen LogP contribution in [0.3, 0.4) is 0 Å². The van der Waals surface area contributed by atoms with Crippen molar-refractivity contribution in [3.8, 4) is 0 Å². The molecule has 5 rings (SSSR count). The van der Waals surface area contributed by atoms with Gasteiger partial charge in [-0.15, -0.1) is 0 Å². The molecule has 3 nitrogen and oxygen atoms in total. The Morgan fingerprint density at radius 1 is 1.11 bits per heavy atom. The fourth-order valence-electron chi connectivity index (χ4n) is 4.59. The van der Waals surface area contributed by atoms with Gasteiger partial charge in [0.2, 0.25) is 0 Å². The summed E-state index contributed by atoms with van der Waals surface area (Å²) in [4.78, 5) is 13.3. The van der Waals surface area contributed by atoms with Crippen molar-refractivity contribution in [1.82, 2.24) is 0 Å². The molecule has 0 fully saturated rings. The van der Waals surface area contributed by atoms with E-state index in [9.17, 15) is 4.79 Å². The van der Waals surface area contributed by atoms with Crippen LogP contribution in [0.2, 0.25) is 0 Å². The van der Waals surface area contributed by atoms with Gasteiger partial charge in [-0.05, 0) is 72.2 Å². The largest absolute Gasteiger partial charge is 0.452 e. The molecule has 5 heteroatoms. The van der Waals surface area contributed by atoms with E-state index in [1.807, 2.05) is 18.2 Å². The summed E-state index contributed by atoms with van der Waals surface area (Å²) >= 11 is 7.00. The molecule has 0 saturated heterocycles. The van der Waals surface area contributed by atoms with E-state index in [0.717, 1.165) is 49.9 Å². The molecule has 0 spiro atoms. The van der Waals surface area contributed by atoms with Crippen molar-refractivity contribution in [2.75, 3.05) is 5.32 Å². The molecule has 0 unspecified atom stereocenters. The number of hydrogen-bond donors (Lipinski definition) is 1. The smallest absolute Gasteiger partial charge is 0.183 e. The van der Waals surface area contributed by atoms with E-state index in [4.69, 9.17) is 4.42 Å². The van der Waals surface area contributed by atoms with Crippen molar-refractivity contribution in [2.24, 2.45) is 5.41 Å². The summed E-state index contributed by atoms with van der Waals surface area (Å²) in [5, 5.41) is 5.89. The first-order valence-corrected chi connectivity index (χ1v) is 10.9. The molecular formula is C23H19Br2NO2. The Balaban J connectivity index is 1.82. The first-order valence-electron chi connectivity index (χ1n) is 9.34. The van der Waals surface area contributed by atoms with Gasteiger partial charge >= 0.3 is 0 Å². The van der Waals surface area contributed by atoms with Crippen LogP contribution in [0.1, 0.15) is 43.9 Å². The van der Waals surface area contributed by atoms with Gasteiger partial charge in [-0.3, -0.25) is 4.79 Å². The SMILES string of the molecule is CC1(C)CC(=O)C2=C(C1)Nc1ccc3ccccc3c1[C@@H]2c1cc(Br)c(Br)o1. The number of hydrogen-bond acceptors (Lipinski definition) is 3. The van der Waals surface area contributed by atoms with Gasteiger partial charge in [-0.25, -0.2) is 0 Å². The number of fused-ring (bicyclic) bond motifs is 3. The molecule has 2 aromatic carbocycles. The lowest BCUT2D eigenvalue weighted by atomic mass is 9.69. The fourth-order valence-corrected chi connectivity index (χ4v) is 5.20. The van der Waals surface area contributed by atoms with Crippen LogP contribution in [0.15, 0.2) is 67.3 Å². The van der Waals surface area contributed by atoms with E-state index in [-0.39, 0.29) is 17.1 Å². The molecule has 1 aliphatic heterocycles. The van der Waals surface area contributed by atoms with Crippen molar-refractivity contribution >= 4 is 54.1 Å². The second kappa shape index (κ2) is 6.33. The van der Waals surface area contributed by atoms with Crippen LogP contribution in [-0.2, 0) is 4.79 Å². The van der Waals surface area contributed by atoms with Crippen LogP contribution in [0.4, 0.5) is 5.69 Å². The molecule has 3 aromatic rings. The number of carbonyl (C=O) groups excluding carboxylic acids is 1. The molecule has 28 heavy (non-hydrogen) atoms. The van der Waals surface area contributed by atoms with Crippen molar-refractivity contribution < 1.29 is 9.21 Å². The summed E-state index contributed by atoms with van der Waals surface area (Å²) in [5.74, 6) is 0.757. The summed E-state index contributed by atoms with van der Waals surface area (Å²) in [6.45, 7) is 4.31. The third-order valence-electron chi connectivity index (χ3n) is 5.70. The Morgan fingerprint density at radius 3 is 2.64 bits per heavy atom. The summed E-state index contributed by atoms with van der Waals surface area (Å²) in [5.41, 5.74) is 3.98. The van der Waals surface area contributed by atoms with E-state index in [1.165, 1.54) is 0 Å². The molecule has 0 saturated carbocycles. The van der Waals surface area contributed by atoms with Crippen LogP contribution in [0.25, 0.3) is 10.8 Å². The van der Waals surface area contributed by atoms with Gasteiger partial charge in [0.25, 0.3) is 0 Å². The Labute approximate surface area is 180 Å². The lowest BCUT2D eigenvalue weighted by Gasteiger charge is -2.39. The van der Waals surface area contributed by atoms with Gasteiger partial charge < -0.3 is 9.73 Å². The quantitative estimate of drug-likeness (QED) is 0.385. The molecule has 1 aromatic heterocycles. The van der Waals surface area contributed by atoms with E-state index in [0.29, 0.717) is 11.1 Å². The standard InChI is InChI=1S/C23H19Br2NO2/c1-23(2)10-16-20(17(27)11-23)21(18-9-14(24)22(25)28-18)19-13-6-4-3-5-12(13)7-8-15(19)26-16/h3-9,21,26H,10-11H2,1-2H3/t21-/m0/s1. The van der Waals surface area contributed by atoms with Gasteiger partial charge in [-0.2, -0.15) is 0 Å². The minimum atomic E-state index is -0.219. The highest BCUT2D eigenvalue weighted by Gasteiger charge is 2.42. The van der Waals surface area contributed by atoms with E-state index < -0.39 is 0 Å². The average molecular weight is 501 g/mol. The van der Waals surface area contributed by atoms with Gasteiger partial charge in [0.05, 0.1) is 10.4 Å². The molecule has 0 bridgehead atoms. The molecule has 1 atom stereocenters. The highest BCUT2D eigenvalue weighted by molar-refractivity contribution is 9.13. The highest BCUT2D eigenvalue weighted by Crippen LogP contribution is 2.51. The normalized spacial score (nSPS) is 20.7. The van der Waals surface area contributed by atoms with Gasteiger partial charge in [0, 0.05) is 23.4 Å². The van der Waals surface area contributed by atoms with Gasteiger partial charge in [0.15, 0.2) is 10.5 Å². The number of nitrogens with one attached hydrogen (secondary N) is 1. The number of ketones is 1. The second-order valence-corrected chi connectivity index (χ2v) is 9.98. The molecule has 0 amide bonds. The zero-order chi connectivity index (χ0) is 19.6. The van der Waals surface area contributed by atoms with Crippen molar-refractivity contribution in [1.29, 1.82) is 0 Å². The van der Waals surface area contributed by atoms with Gasteiger partial charge in [0.1, 0.15) is 5.76 Å². The summed E-state index contributed by atoms with van der Waals surface area (Å²) in [6.07, 6.45) is 1.40. The minimum Gasteiger partial charge on any atom is -0.452 e. The third kappa shape index (κ3) is 2.79. The topological polar surface area (TPSA) is 42.2 Å². The molecule has 1 N–H and O–H groups in total. The molecule has 2 aliphatic rings. The Kier molecular flexibility index (Phi) is 4.11. The molecule has 2 heterocycles. The zero-order valence-electron chi connectivity index (χ0n) is 15.6. The third-order valence-corrected chi connectivity index (χ3v) is 7.41. The van der Waals surface area contributed by atoms with Gasteiger partial charge in [-0.1, -0.05) is 44.2 Å². The van der Waals surface area contributed by atoms with Crippen LogP contribution in [0.5, 0.6) is 0 Å². The fraction of sp³-hybridized carbons (Fsp3) is 0.261.